The molecule has 0 heterocycles. The summed E-state index contributed by atoms with van der Waals surface area (Å²) in [6, 6.07) is 6.37. The van der Waals surface area contributed by atoms with Gasteiger partial charge in [0.05, 0.1) is 10.8 Å². The van der Waals surface area contributed by atoms with Crippen molar-refractivity contribution in [2.24, 2.45) is 0 Å². The van der Waals surface area contributed by atoms with Gasteiger partial charge in [-0.2, -0.15) is 0 Å². The van der Waals surface area contributed by atoms with Crippen LogP contribution in [0.5, 0.6) is 0 Å². The van der Waals surface area contributed by atoms with E-state index in [2.05, 4.69) is 4.72 Å². The third-order valence-corrected chi connectivity index (χ3v) is 5.15. The fourth-order valence-corrected chi connectivity index (χ4v) is 3.38. The Labute approximate surface area is 113 Å². The molecule has 0 fully saturated rings. The molecule has 0 saturated heterocycles. The molecule has 0 aliphatic rings. The van der Waals surface area contributed by atoms with Gasteiger partial charge in [0.1, 0.15) is 0 Å². The average Bonchev–Trinajstić information content (AvgIpc) is 2.38. The van der Waals surface area contributed by atoms with Crippen LogP contribution in [0.1, 0.15) is 42.6 Å². The first-order valence-electron chi connectivity index (χ1n) is 6.22. The Kier molecular flexibility index (Phi) is 5.50. The van der Waals surface area contributed by atoms with E-state index >= 15 is 0 Å². The van der Waals surface area contributed by atoms with Gasteiger partial charge in [-0.15, -0.1) is 0 Å². The molecule has 0 unspecified atom stereocenters. The van der Waals surface area contributed by atoms with E-state index in [0.717, 1.165) is 0 Å². The van der Waals surface area contributed by atoms with Crippen LogP contribution in [-0.4, -0.2) is 24.7 Å². The predicted octanol–water partition coefficient (Wildman–Crippen LogP) is 1.99. The van der Waals surface area contributed by atoms with E-state index in [9.17, 15) is 13.2 Å². The van der Waals surface area contributed by atoms with Crippen molar-refractivity contribution in [2.75, 3.05) is 0 Å². The minimum Gasteiger partial charge on any atom is -0.478 e. The van der Waals surface area contributed by atoms with Crippen molar-refractivity contribution in [1.82, 2.24) is 4.72 Å². The topological polar surface area (TPSA) is 83.5 Å². The zero-order chi connectivity index (χ0) is 14.5. The minimum atomic E-state index is -3.41. The molecule has 5 nitrogen and oxygen atoms in total. The van der Waals surface area contributed by atoms with Gasteiger partial charge in [0.2, 0.25) is 10.0 Å². The summed E-state index contributed by atoms with van der Waals surface area (Å²) in [6.45, 7) is 3.64. The zero-order valence-electron chi connectivity index (χ0n) is 11.1. The summed E-state index contributed by atoms with van der Waals surface area (Å²) in [5.74, 6) is -1.06. The molecule has 0 aliphatic carbocycles. The highest BCUT2D eigenvalue weighted by molar-refractivity contribution is 7.90. The molecule has 6 heteroatoms. The molecule has 0 amide bonds. The second kappa shape index (κ2) is 6.68. The number of sulfonamides is 1. The van der Waals surface area contributed by atoms with Gasteiger partial charge in [-0.25, -0.2) is 17.9 Å². The van der Waals surface area contributed by atoms with Gasteiger partial charge in [0, 0.05) is 6.54 Å². The van der Waals surface area contributed by atoms with Gasteiger partial charge in [0.15, 0.2) is 0 Å². The second-order valence-electron chi connectivity index (χ2n) is 4.27. The van der Waals surface area contributed by atoms with E-state index < -0.39 is 21.2 Å². The molecule has 1 aromatic rings. The van der Waals surface area contributed by atoms with Crippen molar-refractivity contribution < 1.29 is 18.3 Å². The minimum absolute atomic E-state index is 0.00130. The molecular weight excluding hydrogens is 266 g/mol. The van der Waals surface area contributed by atoms with Gasteiger partial charge in [-0.3, -0.25) is 0 Å². The zero-order valence-corrected chi connectivity index (χ0v) is 11.9. The van der Waals surface area contributed by atoms with Crippen LogP contribution in [0.2, 0.25) is 0 Å². The predicted molar refractivity (Wildman–Crippen MR) is 73.5 cm³/mol. The summed E-state index contributed by atoms with van der Waals surface area (Å²) >= 11 is 0. The second-order valence-corrected chi connectivity index (χ2v) is 6.31. The van der Waals surface area contributed by atoms with Crippen molar-refractivity contribution in [3.05, 3.63) is 35.4 Å². The molecule has 0 spiro atoms. The number of hydrogen-bond donors (Lipinski definition) is 2. The third kappa shape index (κ3) is 4.04. The summed E-state index contributed by atoms with van der Waals surface area (Å²) < 4.78 is 26.5. The van der Waals surface area contributed by atoms with Crippen molar-refractivity contribution in [3.63, 3.8) is 0 Å². The van der Waals surface area contributed by atoms with Gasteiger partial charge < -0.3 is 5.11 Å². The van der Waals surface area contributed by atoms with E-state index in [1.165, 1.54) is 6.07 Å². The Balaban J connectivity index is 2.85. The van der Waals surface area contributed by atoms with Gasteiger partial charge in [-0.05, 0) is 24.5 Å². The number of hydrogen-bond acceptors (Lipinski definition) is 3. The van der Waals surface area contributed by atoms with Crippen LogP contribution < -0.4 is 4.72 Å². The molecule has 2 N–H and O–H groups in total. The quantitative estimate of drug-likeness (QED) is 0.802. The van der Waals surface area contributed by atoms with E-state index in [0.29, 0.717) is 18.4 Å². The van der Waals surface area contributed by atoms with Gasteiger partial charge >= 0.3 is 5.97 Å². The number of carboxylic acids is 1. The molecule has 0 atom stereocenters. The van der Waals surface area contributed by atoms with Crippen LogP contribution in [0.4, 0.5) is 0 Å². The fraction of sp³-hybridized carbons (Fsp3) is 0.462. The average molecular weight is 285 g/mol. The molecule has 1 aromatic carbocycles. The lowest BCUT2D eigenvalue weighted by Gasteiger charge is -2.15. The first kappa shape index (κ1) is 15.7. The van der Waals surface area contributed by atoms with Crippen molar-refractivity contribution in [1.29, 1.82) is 0 Å². The maximum Gasteiger partial charge on any atom is 0.336 e. The summed E-state index contributed by atoms with van der Waals surface area (Å²) in [6.07, 6.45) is 1.07. The maximum absolute atomic E-state index is 12.0. The summed E-state index contributed by atoms with van der Waals surface area (Å²) in [5.41, 5.74) is 0.583. The van der Waals surface area contributed by atoms with Gasteiger partial charge in [0.25, 0.3) is 0 Å². The van der Waals surface area contributed by atoms with Crippen LogP contribution in [0.15, 0.2) is 24.3 Å². The molecule has 19 heavy (non-hydrogen) atoms. The normalized spacial score (nSPS) is 11.7. The molecule has 0 aromatic heterocycles. The van der Waals surface area contributed by atoms with Crippen LogP contribution >= 0.6 is 0 Å². The highest BCUT2D eigenvalue weighted by Gasteiger charge is 2.22. The Morgan fingerprint density at radius 1 is 1.26 bits per heavy atom. The fourth-order valence-electron chi connectivity index (χ4n) is 1.91. The summed E-state index contributed by atoms with van der Waals surface area (Å²) in [4.78, 5) is 11.0. The van der Waals surface area contributed by atoms with Crippen molar-refractivity contribution in [2.45, 2.75) is 38.5 Å². The molecule has 1 rings (SSSR count). The molecule has 0 saturated carbocycles. The van der Waals surface area contributed by atoms with E-state index in [-0.39, 0.29) is 12.1 Å². The highest BCUT2D eigenvalue weighted by Crippen LogP contribution is 2.12. The molecule has 0 bridgehead atoms. The van der Waals surface area contributed by atoms with Crippen molar-refractivity contribution >= 4 is 16.0 Å². The van der Waals surface area contributed by atoms with Crippen LogP contribution in [-0.2, 0) is 16.6 Å². The highest BCUT2D eigenvalue weighted by atomic mass is 32.2. The van der Waals surface area contributed by atoms with E-state index in [4.69, 9.17) is 5.11 Å². The SMILES string of the molecule is CCC(CC)S(=O)(=O)NCc1ccccc1C(=O)O. The standard InChI is InChI=1S/C13H19NO4S/c1-3-11(4-2)19(17,18)14-9-10-7-5-6-8-12(10)13(15)16/h5-8,11,14H,3-4,9H2,1-2H3,(H,15,16). The first-order chi connectivity index (χ1) is 8.92. The Bertz CT molecular complexity index is 535. The number of aromatic carboxylic acids is 1. The lowest BCUT2D eigenvalue weighted by molar-refractivity contribution is 0.0695. The lowest BCUT2D eigenvalue weighted by atomic mass is 10.1. The monoisotopic (exact) mass is 285 g/mol. The number of nitrogens with one attached hydrogen (secondary N) is 1. The first-order valence-corrected chi connectivity index (χ1v) is 7.76. The molecule has 0 aliphatic heterocycles. The maximum atomic E-state index is 12.0. The summed E-state index contributed by atoms with van der Waals surface area (Å²) in [5, 5.41) is 8.58. The van der Waals surface area contributed by atoms with Gasteiger partial charge in [-0.1, -0.05) is 32.0 Å². The van der Waals surface area contributed by atoms with Crippen LogP contribution in [0.25, 0.3) is 0 Å². The van der Waals surface area contributed by atoms with Crippen LogP contribution in [0.3, 0.4) is 0 Å². The summed E-state index contributed by atoms with van der Waals surface area (Å²) in [7, 11) is -3.41. The largest absolute Gasteiger partial charge is 0.478 e. The molecular formula is C13H19NO4S. The molecule has 0 radical (unpaired) electrons. The Morgan fingerprint density at radius 3 is 2.37 bits per heavy atom. The Hall–Kier alpha value is -1.40. The number of benzene rings is 1. The number of carboxylic acid groups (broad SMARTS) is 1. The Morgan fingerprint density at radius 2 is 1.84 bits per heavy atom. The smallest absolute Gasteiger partial charge is 0.336 e. The third-order valence-electron chi connectivity index (χ3n) is 3.06. The van der Waals surface area contributed by atoms with E-state index in [1.807, 2.05) is 13.8 Å². The number of rotatable bonds is 7. The van der Waals surface area contributed by atoms with E-state index in [1.54, 1.807) is 18.2 Å². The number of carbonyl (C=O) groups is 1. The van der Waals surface area contributed by atoms with Crippen molar-refractivity contribution in [3.8, 4) is 0 Å². The lowest BCUT2D eigenvalue weighted by Crippen LogP contribution is -2.33. The van der Waals surface area contributed by atoms with Crippen LogP contribution in [0, 0.1) is 0 Å². The molecule has 106 valence electrons.